The molecule has 0 aliphatic carbocycles. The van der Waals surface area contributed by atoms with Crippen molar-refractivity contribution in [1.82, 2.24) is 0 Å². The molecule has 0 aliphatic heterocycles. The third-order valence-corrected chi connectivity index (χ3v) is 2.51. The summed E-state index contributed by atoms with van der Waals surface area (Å²) < 4.78 is 0. The summed E-state index contributed by atoms with van der Waals surface area (Å²) in [5.74, 6) is 0. The molecule has 0 saturated carbocycles. The minimum Gasteiger partial charge on any atom is -0.100 e. The SMILES string of the molecule is CCCCCC.ClC(Cl)c1ccccc1. The van der Waals surface area contributed by atoms with Gasteiger partial charge in [0.15, 0.2) is 0 Å². The fourth-order valence-electron chi connectivity index (χ4n) is 1.10. The first kappa shape index (κ1) is 14.8. The molecule has 0 spiro atoms. The van der Waals surface area contributed by atoms with Gasteiger partial charge in [0.2, 0.25) is 0 Å². The van der Waals surface area contributed by atoms with Crippen LogP contribution in [0.4, 0.5) is 0 Å². The maximum absolute atomic E-state index is 5.57. The van der Waals surface area contributed by atoms with Crippen molar-refractivity contribution < 1.29 is 0 Å². The van der Waals surface area contributed by atoms with Crippen LogP contribution in [-0.4, -0.2) is 0 Å². The number of alkyl halides is 2. The molecule has 0 saturated heterocycles. The van der Waals surface area contributed by atoms with E-state index in [4.69, 9.17) is 23.2 Å². The van der Waals surface area contributed by atoms with Gasteiger partial charge in [0, 0.05) is 0 Å². The van der Waals surface area contributed by atoms with Crippen LogP contribution in [-0.2, 0) is 0 Å². The molecular weight excluding hydrogens is 227 g/mol. The van der Waals surface area contributed by atoms with Gasteiger partial charge in [0.25, 0.3) is 0 Å². The van der Waals surface area contributed by atoms with Crippen LogP contribution in [0.15, 0.2) is 30.3 Å². The van der Waals surface area contributed by atoms with Crippen molar-refractivity contribution in [3.63, 3.8) is 0 Å². The summed E-state index contributed by atoms with van der Waals surface area (Å²) in [6.45, 7) is 4.46. The number of halogens is 2. The smallest absolute Gasteiger partial charge is 0.100 e. The number of rotatable bonds is 4. The first-order chi connectivity index (χ1) is 7.22. The van der Waals surface area contributed by atoms with Crippen LogP contribution in [0.3, 0.4) is 0 Å². The average Bonchev–Trinajstić information content (AvgIpc) is 2.28. The highest BCUT2D eigenvalue weighted by Gasteiger charge is 1.98. The van der Waals surface area contributed by atoms with Crippen molar-refractivity contribution in [2.75, 3.05) is 0 Å². The molecule has 0 bridgehead atoms. The molecule has 0 atom stereocenters. The van der Waals surface area contributed by atoms with Crippen LogP contribution in [0.5, 0.6) is 0 Å². The van der Waals surface area contributed by atoms with E-state index in [9.17, 15) is 0 Å². The molecule has 15 heavy (non-hydrogen) atoms. The van der Waals surface area contributed by atoms with Gasteiger partial charge >= 0.3 is 0 Å². The summed E-state index contributed by atoms with van der Waals surface area (Å²) in [6, 6.07) is 9.54. The Morgan fingerprint density at radius 3 is 1.67 bits per heavy atom. The predicted octanol–water partition coefficient (Wildman–Crippen LogP) is 5.75. The van der Waals surface area contributed by atoms with E-state index in [1.165, 1.54) is 25.7 Å². The average molecular weight is 247 g/mol. The quantitative estimate of drug-likeness (QED) is 0.469. The van der Waals surface area contributed by atoms with Gasteiger partial charge in [-0.1, -0.05) is 69.9 Å². The van der Waals surface area contributed by atoms with Gasteiger partial charge in [-0.05, 0) is 5.56 Å². The Balaban J connectivity index is 0.000000288. The van der Waals surface area contributed by atoms with E-state index in [1.807, 2.05) is 30.3 Å². The molecular formula is C13H20Cl2. The van der Waals surface area contributed by atoms with Gasteiger partial charge in [-0.2, -0.15) is 0 Å². The van der Waals surface area contributed by atoms with E-state index < -0.39 is 4.84 Å². The molecule has 2 heteroatoms. The Labute approximate surface area is 104 Å². The topological polar surface area (TPSA) is 0 Å². The first-order valence-corrected chi connectivity index (χ1v) is 6.42. The fourth-order valence-corrected chi connectivity index (χ4v) is 1.39. The van der Waals surface area contributed by atoms with Gasteiger partial charge < -0.3 is 0 Å². The monoisotopic (exact) mass is 246 g/mol. The minimum absolute atomic E-state index is 0.397. The first-order valence-electron chi connectivity index (χ1n) is 5.55. The maximum atomic E-state index is 5.57. The van der Waals surface area contributed by atoms with Gasteiger partial charge in [0.05, 0.1) is 0 Å². The Morgan fingerprint density at radius 1 is 0.933 bits per heavy atom. The van der Waals surface area contributed by atoms with E-state index >= 15 is 0 Å². The van der Waals surface area contributed by atoms with Gasteiger partial charge in [0.1, 0.15) is 4.84 Å². The molecule has 0 unspecified atom stereocenters. The van der Waals surface area contributed by atoms with E-state index in [2.05, 4.69) is 13.8 Å². The van der Waals surface area contributed by atoms with Crippen molar-refractivity contribution in [2.45, 2.75) is 44.4 Å². The summed E-state index contributed by atoms with van der Waals surface area (Å²) in [4.78, 5) is -0.397. The second-order valence-electron chi connectivity index (χ2n) is 3.42. The minimum atomic E-state index is -0.397. The molecule has 1 aromatic carbocycles. The summed E-state index contributed by atoms with van der Waals surface area (Å²) in [5.41, 5.74) is 0.945. The maximum Gasteiger partial charge on any atom is 0.132 e. The van der Waals surface area contributed by atoms with E-state index in [0.29, 0.717) is 0 Å². The van der Waals surface area contributed by atoms with E-state index in [0.717, 1.165) is 5.56 Å². The summed E-state index contributed by atoms with van der Waals surface area (Å²) in [7, 11) is 0. The van der Waals surface area contributed by atoms with Crippen molar-refractivity contribution in [2.24, 2.45) is 0 Å². The Hall–Kier alpha value is -0.200. The second kappa shape index (κ2) is 10.3. The van der Waals surface area contributed by atoms with Crippen LogP contribution in [0.2, 0.25) is 0 Å². The lowest BCUT2D eigenvalue weighted by molar-refractivity contribution is 0.702. The van der Waals surface area contributed by atoms with Gasteiger partial charge in [-0.15, -0.1) is 23.2 Å². The fraction of sp³-hybridized carbons (Fsp3) is 0.538. The summed E-state index contributed by atoms with van der Waals surface area (Å²) in [6.07, 6.45) is 5.54. The lowest BCUT2D eigenvalue weighted by atomic mass is 10.2. The van der Waals surface area contributed by atoms with E-state index in [-0.39, 0.29) is 0 Å². The van der Waals surface area contributed by atoms with Crippen molar-refractivity contribution in [3.8, 4) is 0 Å². The van der Waals surface area contributed by atoms with E-state index in [1.54, 1.807) is 0 Å². The highest BCUT2D eigenvalue weighted by atomic mass is 35.5. The van der Waals surface area contributed by atoms with Crippen molar-refractivity contribution in [3.05, 3.63) is 35.9 Å². The van der Waals surface area contributed by atoms with Crippen LogP contribution in [0.25, 0.3) is 0 Å². The summed E-state index contributed by atoms with van der Waals surface area (Å²) >= 11 is 11.1. The number of hydrogen-bond donors (Lipinski definition) is 0. The molecule has 0 radical (unpaired) electrons. The molecule has 1 rings (SSSR count). The molecule has 1 aromatic rings. The molecule has 86 valence electrons. The molecule has 0 nitrogen and oxygen atoms in total. The Morgan fingerprint density at radius 2 is 1.40 bits per heavy atom. The zero-order valence-electron chi connectivity index (χ0n) is 9.55. The highest BCUT2D eigenvalue weighted by molar-refractivity contribution is 6.44. The predicted molar refractivity (Wildman–Crippen MR) is 70.7 cm³/mol. The van der Waals surface area contributed by atoms with Crippen molar-refractivity contribution >= 4 is 23.2 Å². The van der Waals surface area contributed by atoms with Crippen LogP contribution < -0.4 is 0 Å². The van der Waals surface area contributed by atoms with Crippen LogP contribution in [0.1, 0.15) is 49.9 Å². The van der Waals surface area contributed by atoms with Crippen molar-refractivity contribution in [1.29, 1.82) is 0 Å². The molecule has 0 fully saturated rings. The third-order valence-electron chi connectivity index (χ3n) is 2.01. The largest absolute Gasteiger partial charge is 0.132 e. The van der Waals surface area contributed by atoms with Crippen LogP contribution >= 0.6 is 23.2 Å². The molecule has 0 amide bonds. The Bertz CT molecular complexity index is 215. The number of benzene rings is 1. The zero-order valence-corrected chi connectivity index (χ0v) is 11.1. The molecule has 0 aliphatic rings. The second-order valence-corrected chi connectivity index (χ2v) is 4.51. The normalized spacial score (nSPS) is 9.67. The lowest BCUT2D eigenvalue weighted by Gasteiger charge is -1.97. The number of unbranched alkanes of at least 4 members (excludes halogenated alkanes) is 3. The molecule has 0 heterocycles. The Kier molecular flexibility index (Phi) is 10.2. The number of hydrogen-bond acceptors (Lipinski definition) is 0. The lowest BCUT2D eigenvalue weighted by Crippen LogP contribution is -1.76. The zero-order chi connectivity index (χ0) is 11.5. The third kappa shape index (κ3) is 8.77. The van der Waals surface area contributed by atoms with Crippen LogP contribution in [0, 0.1) is 0 Å². The van der Waals surface area contributed by atoms with Gasteiger partial charge in [-0.25, -0.2) is 0 Å². The highest BCUT2D eigenvalue weighted by Crippen LogP contribution is 2.23. The van der Waals surface area contributed by atoms with Gasteiger partial charge in [-0.3, -0.25) is 0 Å². The molecule has 0 aromatic heterocycles. The summed E-state index contributed by atoms with van der Waals surface area (Å²) in [5, 5.41) is 0. The molecule has 0 N–H and O–H groups in total. The standard InChI is InChI=1S/C7H6Cl2.C6H14/c8-7(9)6-4-2-1-3-5-6;1-3-5-6-4-2/h1-5,7H;3-6H2,1-2H3.